The number of rotatable bonds is 17. The summed E-state index contributed by atoms with van der Waals surface area (Å²) in [5.41, 5.74) is 15.5. The van der Waals surface area contributed by atoms with Gasteiger partial charge in [-0.15, -0.1) is 0 Å². The number of hydrogen-bond acceptors (Lipinski definition) is 10. The standard InChI is InChI=1S/C9H23N2O3P.C6H13O3P.C3H10N2/c1-3-13-15(12,14-4-2)9-8-11-7-5-6-10;1-4-8-10(7,6-3)9-5-2;4-2-1-3-5/h11H,3-10H2,1-2H3;6H,3-5H2,1-2H3;1-5H2. The van der Waals surface area contributed by atoms with Crippen LogP contribution in [0.3, 0.4) is 0 Å². The number of nitrogens with two attached hydrogens (primary N) is 3. The Kier molecular flexibility index (Phi) is 28.9. The Labute approximate surface area is 183 Å². The molecule has 7 N–H and O–H groups in total. The van der Waals surface area contributed by atoms with Crippen LogP contribution in [0.25, 0.3) is 0 Å². The van der Waals surface area contributed by atoms with Crippen molar-refractivity contribution in [3.63, 3.8) is 0 Å². The fraction of sp³-hybridized carbons (Fsp3) is 0.889. The van der Waals surface area contributed by atoms with Crippen molar-refractivity contribution in [3.05, 3.63) is 12.4 Å². The third-order valence-electron chi connectivity index (χ3n) is 3.02. The van der Waals surface area contributed by atoms with Crippen LogP contribution >= 0.6 is 15.2 Å². The molecule has 0 unspecified atom stereocenters. The molecule has 0 aromatic carbocycles. The van der Waals surface area contributed by atoms with E-state index in [0.29, 0.717) is 45.7 Å². The Bertz CT molecular complexity index is 436. The van der Waals surface area contributed by atoms with Crippen molar-refractivity contribution in [3.8, 4) is 0 Å². The fourth-order valence-electron chi connectivity index (χ4n) is 1.75. The lowest BCUT2D eigenvalue weighted by Gasteiger charge is -2.16. The second kappa shape index (κ2) is 25.1. The van der Waals surface area contributed by atoms with Gasteiger partial charge in [-0.1, -0.05) is 6.58 Å². The van der Waals surface area contributed by atoms with Crippen molar-refractivity contribution in [1.82, 2.24) is 5.32 Å². The Morgan fingerprint density at radius 3 is 1.50 bits per heavy atom. The third-order valence-corrected chi connectivity index (χ3v) is 6.78. The van der Waals surface area contributed by atoms with Gasteiger partial charge in [0.15, 0.2) is 0 Å². The van der Waals surface area contributed by atoms with E-state index in [0.717, 1.165) is 32.5 Å². The topological polar surface area (TPSA) is 161 Å². The minimum atomic E-state index is -2.94. The van der Waals surface area contributed by atoms with E-state index < -0.39 is 15.2 Å². The minimum Gasteiger partial charge on any atom is -0.330 e. The van der Waals surface area contributed by atoms with Gasteiger partial charge in [0.05, 0.1) is 32.6 Å². The van der Waals surface area contributed by atoms with Crippen LogP contribution in [0.4, 0.5) is 0 Å². The van der Waals surface area contributed by atoms with Crippen molar-refractivity contribution in [2.75, 3.05) is 65.3 Å². The maximum absolute atomic E-state index is 11.9. The van der Waals surface area contributed by atoms with Crippen LogP contribution < -0.4 is 22.5 Å². The maximum atomic E-state index is 11.9. The Morgan fingerprint density at radius 1 is 0.767 bits per heavy atom. The SMILES string of the molecule is C=CP(=O)(OCC)OCC.CCOP(=O)(CCNCCCN)OCC.NCCCN. The zero-order valence-corrected chi connectivity index (χ0v) is 21.1. The molecule has 0 bridgehead atoms. The lowest BCUT2D eigenvalue weighted by molar-refractivity contribution is 0.220. The lowest BCUT2D eigenvalue weighted by Crippen LogP contribution is -2.22. The van der Waals surface area contributed by atoms with E-state index in [2.05, 4.69) is 11.9 Å². The molecule has 0 saturated heterocycles. The Balaban J connectivity index is -0.000000417. The van der Waals surface area contributed by atoms with Crippen LogP contribution in [0.5, 0.6) is 0 Å². The van der Waals surface area contributed by atoms with Crippen LogP contribution in [0.15, 0.2) is 12.4 Å². The van der Waals surface area contributed by atoms with Crippen LogP contribution in [0.2, 0.25) is 0 Å². The van der Waals surface area contributed by atoms with E-state index in [1.54, 1.807) is 13.8 Å². The summed E-state index contributed by atoms with van der Waals surface area (Å²) in [4.78, 5) is 0. The monoisotopic (exact) mass is 476 g/mol. The van der Waals surface area contributed by atoms with Crippen molar-refractivity contribution < 1.29 is 27.2 Å². The minimum absolute atomic E-state index is 0.378. The molecule has 0 aromatic heterocycles. The summed E-state index contributed by atoms with van der Waals surface area (Å²) < 4.78 is 43.1. The molecule has 0 aliphatic rings. The highest BCUT2D eigenvalue weighted by Crippen LogP contribution is 2.48. The molecular formula is C18H46N4O6P2. The van der Waals surface area contributed by atoms with Gasteiger partial charge < -0.3 is 40.6 Å². The molecule has 0 radical (unpaired) electrons. The number of nitrogens with one attached hydrogen (secondary N) is 1. The van der Waals surface area contributed by atoms with Crippen molar-refractivity contribution in [2.45, 2.75) is 40.5 Å². The van der Waals surface area contributed by atoms with Crippen molar-refractivity contribution in [1.29, 1.82) is 0 Å². The molecule has 0 spiro atoms. The molecule has 0 aliphatic heterocycles. The summed E-state index contributed by atoms with van der Waals surface area (Å²) in [5.74, 6) is 1.22. The highest BCUT2D eigenvalue weighted by atomic mass is 31.2. The van der Waals surface area contributed by atoms with E-state index in [4.69, 9.17) is 35.3 Å². The van der Waals surface area contributed by atoms with Gasteiger partial charge in [0.25, 0.3) is 0 Å². The molecule has 0 rings (SSSR count). The molecular weight excluding hydrogens is 430 g/mol. The fourth-order valence-corrected chi connectivity index (χ4v) is 4.30. The zero-order valence-electron chi connectivity index (χ0n) is 19.3. The summed E-state index contributed by atoms with van der Waals surface area (Å²) >= 11 is 0. The first-order chi connectivity index (χ1) is 14.3. The largest absolute Gasteiger partial charge is 0.353 e. The van der Waals surface area contributed by atoms with Crippen molar-refractivity contribution in [2.24, 2.45) is 17.2 Å². The van der Waals surface area contributed by atoms with Gasteiger partial charge in [-0.25, -0.2) is 0 Å². The first-order valence-electron chi connectivity index (χ1n) is 10.5. The van der Waals surface area contributed by atoms with Gasteiger partial charge in [0, 0.05) is 12.4 Å². The molecule has 10 nitrogen and oxygen atoms in total. The predicted molar refractivity (Wildman–Crippen MR) is 126 cm³/mol. The molecule has 0 aromatic rings. The normalized spacial score (nSPS) is 11.2. The van der Waals surface area contributed by atoms with E-state index >= 15 is 0 Å². The lowest BCUT2D eigenvalue weighted by atomic mass is 10.4. The molecule has 0 amide bonds. The quantitative estimate of drug-likeness (QED) is 0.181. The molecule has 0 saturated carbocycles. The number of hydrogen-bond donors (Lipinski definition) is 4. The zero-order chi connectivity index (χ0) is 23.7. The van der Waals surface area contributed by atoms with Gasteiger partial charge >= 0.3 is 15.2 Å². The Morgan fingerprint density at radius 2 is 1.20 bits per heavy atom. The van der Waals surface area contributed by atoms with Gasteiger partial charge in [-0.3, -0.25) is 9.13 Å². The van der Waals surface area contributed by atoms with E-state index in [9.17, 15) is 9.13 Å². The van der Waals surface area contributed by atoms with Gasteiger partial charge in [-0.05, 0) is 66.7 Å². The summed E-state index contributed by atoms with van der Waals surface area (Å²) in [5, 5.41) is 3.15. The van der Waals surface area contributed by atoms with Crippen LogP contribution in [0.1, 0.15) is 40.5 Å². The Hall–Kier alpha value is -0.120. The summed E-state index contributed by atoms with van der Waals surface area (Å²) in [6.45, 7) is 15.7. The first-order valence-corrected chi connectivity index (χ1v) is 13.8. The van der Waals surface area contributed by atoms with Crippen LogP contribution in [0, 0.1) is 0 Å². The molecule has 30 heavy (non-hydrogen) atoms. The first kappa shape index (κ1) is 34.5. The third kappa shape index (κ3) is 24.2. The summed E-state index contributed by atoms with van der Waals surface area (Å²) in [6, 6.07) is 0. The van der Waals surface area contributed by atoms with Crippen LogP contribution in [-0.4, -0.2) is 65.3 Å². The van der Waals surface area contributed by atoms with Gasteiger partial charge in [-0.2, -0.15) is 0 Å². The van der Waals surface area contributed by atoms with Gasteiger partial charge in [0.2, 0.25) is 0 Å². The van der Waals surface area contributed by atoms with E-state index in [1.165, 1.54) is 5.82 Å². The highest BCUT2D eigenvalue weighted by molar-refractivity contribution is 7.57. The molecule has 12 heteroatoms. The van der Waals surface area contributed by atoms with Gasteiger partial charge in [0.1, 0.15) is 0 Å². The average Bonchev–Trinajstić information content (AvgIpc) is 2.70. The van der Waals surface area contributed by atoms with E-state index in [-0.39, 0.29) is 0 Å². The second-order valence-electron chi connectivity index (χ2n) is 5.55. The molecule has 0 atom stereocenters. The van der Waals surface area contributed by atoms with E-state index in [1.807, 2.05) is 13.8 Å². The van der Waals surface area contributed by atoms with Crippen LogP contribution in [-0.2, 0) is 27.2 Å². The summed E-state index contributed by atoms with van der Waals surface area (Å²) in [7, 11) is -5.80. The second-order valence-corrected chi connectivity index (χ2v) is 9.70. The molecule has 0 fully saturated rings. The van der Waals surface area contributed by atoms with Crippen molar-refractivity contribution >= 4 is 15.2 Å². The summed E-state index contributed by atoms with van der Waals surface area (Å²) in [6.07, 6.45) is 2.28. The molecule has 0 aliphatic carbocycles. The smallest absolute Gasteiger partial charge is 0.330 e. The molecule has 184 valence electrons. The highest BCUT2D eigenvalue weighted by Gasteiger charge is 2.22. The average molecular weight is 477 g/mol. The predicted octanol–water partition coefficient (Wildman–Crippen LogP) is 2.88. The molecule has 0 heterocycles. The maximum Gasteiger partial charge on any atom is 0.353 e.